The Balaban J connectivity index is 1.87. The van der Waals surface area contributed by atoms with Crippen molar-refractivity contribution in [2.75, 3.05) is 25.1 Å². The molecular weight excluding hydrogens is 292 g/mol. The number of nitro benzene ring substituents is 1. The third-order valence-corrected chi connectivity index (χ3v) is 4.44. The fraction of sp³-hybridized carbons (Fsp3) is 0.333. The van der Waals surface area contributed by atoms with E-state index in [1.807, 2.05) is 37.3 Å². The maximum Gasteiger partial charge on any atom is 0.292 e. The van der Waals surface area contributed by atoms with Crippen LogP contribution in [0.2, 0.25) is 0 Å². The van der Waals surface area contributed by atoms with Crippen molar-refractivity contribution in [2.24, 2.45) is 0 Å². The van der Waals surface area contributed by atoms with Crippen LogP contribution in [0.4, 0.5) is 11.4 Å². The molecule has 0 amide bonds. The molecule has 0 N–H and O–H groups in total. The second kappa shape index (κ2) is 6.28. The van der Waals surface area contributed by atoms with Crippen molar-refractivity contribution in [1.82, 2.24) is 0 Å². The van der Waals surface area contributed by atoms with E-state index in [2.05, 4.69) is 11.0 Å². The van der Waals surface area contributed by atoms with Gasteiger partial charge in [-0.1, -0.05) is 24.3 Å². The highest BCUT2D eigenvalue weighted by Crippen LogP contribution is 2.38. The summed E-state index contributed by atoms with van der Waals surface area (Å²) < 4.78 is 5.45. The molecule has 0 bridgehead atoms. The van der Waals surface area contributed by atoms with Gasteiger partial charge in [-0.2, -0.15) is 0 Å². The summed E-state index contributed by atoms with van der Waals surface area (Å²) in [4.78, 5) is 13.2. The number of methoxy groups -OCH3 is 1. The molecule has 1 aliphatic heterocycles. The van der Waals surface area contributed by atoms with Crippen molar-refractivity contribution < 1.29 is 9.66 Å². The molecule has 5 heteroatoms. The normalized spacial score (nSPS) is 17.3. The van der Waals surface area contributed by atoms with Crippen LogP contribution in [0.3, 0.4) is 0 Å². The lowest BCUT2D eigenvalue weighted by atomic mass is 9.97. The van der Waals surface area contributed by atoms with Gasteiger partial charge in [0, 0.05) is 25.1 Å². The quantitative estimate of drug-likeness (QED) is 0.634. The molecule has 0 spiro atoms. The van der Waals surface area contributed by atoms with Gasteiger partial charge in [0.15, 0.2) is 0 Å². The van der Waals surface area contributed by atoms with E-state index in [4.69, 9.17) is 4.74 Å². The van der Waals surface area contributed by atoms with Crippen LogP contribution in [0, 0.1) is 17.0 Å². The van der Waals surface area contributed by atoms with Gasteiger partial charge in [-0.05, 0) is 36.6 Å². The molecule has 0 aliphatic carbocycles. The SMILES string of the molecule is COc1ccccc1C1CCN(c2ccc(C)cc2[N+](=O)[O-])C1. The average molecular weight is 312 g/mol. The zero-order chi connectivity index (χ0) is 16.4. The molecule has 1 fully saturated rings. The number of benzene rings is 2. The molecule has 3 rings (SSSR count). The number of anilines is 1. The van der Waals surface area contributed by atoms with E-state index < -0.39 is 0 Å². The van der Waals surface area contributed by atoms with Crippen LogP contribution in [0.25, 0.3) is 0 Å². The lowest BCUT2D eigenvalue weighted by Gasteiger charge is -2.19. The van der Waals surface area contributed by atoms with Crippen LogP contribution in [-0.2, 0) is 0 Å². The van der Waals surface area contributed by atoms with Crippen molar-refractivity contribution in [3.05, 3.63) is 63.7 Å². The minimum absolute atomic E-state index is 0.186. The molecule has 1 aliphatic rings. The molecule has 5 nitrogen and oxygen atoms in total. The van der Waals surface area contributed by atoms with Crippen molar-refractivity contribution in [2.45, 2.75) is 19.3 Å². The molecule has 0 aromatic heterocycles. The summed E-state index contributed by atoms with van der Waals surface area (Å²) >= 11 is 0. The van der Waals surface area contributed by atoms with Gasteiger partial charge >= 0.3 is 0 Å². The van der Waals surface area contributed by atoms with E-state index in [1.54, 1.807) is 13.2 Å². The van der Waals surface area contributed by atoms with Crippen molar-refractivity contribution >= 4 is 11.4 Å². The summed E-state index contributed by atoms with van der Waals surface area (Å²) in [7, 11) is 1.68. The van der Waals surface area contributed by atoms with Crippen molar-refractivity contribution in [1.29, 1.82) is 0 Å². The van der Waals surface area contributed by atoms with Crippen LogP contribution in [0.15, 0.2) is 42.5 Å². The molecule has 0 radical (unpaired) electrons. The number of rotatable bonds is 4. The third-order valence-electron chi connectivity index (χ3n) is 4.44. The van der Waals surface area contributed by atoms with E-state index in [9.17, 15) is 10.1 Å². The number of nitro groups is 1. The average Bonchev–Trinajstić information content (AvgIpc) is 3.04. The highest BCUT2D eigenvalue weighted by atomic mass is 16.6. The Bertz CT molecular complexity index is 730. The molecular formula is C18H20N2O3. The highest BCUT2D eigenvalue weighted by molar-refractivity contribution is 5.65. The first-order valence-electron chi connectivity index (χ1n) is 7.73. The third kappa shape index (κ3) is 2.99. The maximum absolute atomic E-state index is 11.3. The first kappa shape index (κ1) is 15.3. The minimum Gasteiger partial charge on any atom is -0.496 e. The zero-order valence-corrected chi connectivity index (χ0v) is 13.4. The fourth-order valence-electron chi connectivity index (χ4n) is 3.28. The smallest absolute Gasteiger partial charge is 0.292 e. The molecule has 1 heterocycles. The second-order valence-corrected chi connectivity index (χ2v) is 5.92. The first-order valence-corrected chi connectivity index (χ1v) is 7.73. The van der Waals surface area contributed by atoms with Crippen LogP contribution in [-0.4, -0.2) is 25.1 Å². The monoisotopic (exact) mass is 312 g/mol. The first-order chi connectivity index (χ1) is 11.1. The van der Waals surface area contributed by atoms with Crippen molar-refractivity contribution in [3.8, 4) is 5.75 Å². The Morgan fingerprint density at radius 1 is 1.26 bits per heavy atom. The van der Waals surface area contributed by atoms with Gasteiger partial charge in [0.25, 0.3) is 5.69 Å². The van der Waals surface area contributed by atoms with Crippen LogP contribution >= 0.6 is 0 Å². The highest BCUT2D eigenvalue weighted by Gasteiger charge is 2.29. The van der Waals surface area contributed by atoms with E-state index in [0.717, 1.165) is 30.8 Å². The van der Waals surface area contributed by atoms with Crippen LogP contribution in [0.1, 0.15) is 23.5 Å². The number of aryl methyl sites for hydroxylation is 1. The topological polar surface area (TPSA) is 55.6 Å². The van der Waals surface area contributed by atoms with E-state index >= 15 is 0 Å². The Morgan fingerprint density at radius 2 is 2.04 bits per heavy atom. The summed E-state index contributed by atoms with van der Waals surface area (Å²) in [6.07, 6.45) is 0.964. The molecule has 2 aromatic carbocycles. The molecule has 1 unspecified atom stereocenters. The molecule has 2 aromatic rings. The number of nitrogens with zero attached hydrogens (tertiary/aromatic N) is 2. The van der Waals surface area contributed by atoms with Gasteiger partial charge in [-0.25, -0.2) is 0 Å². The van der Waals surface area contributed by atoms with E-state index in [1.165, 1.54) is 5.56 Å². The Kier molecular flexibility index (Phi) is 4.19. The number of hydrogen-bond donors (Lipinski definition) is 0. The van der Waals surface area contributed by atoms with Gasteiger partial charge in [-0.15, -0.1) is 0 Å². The number of ether oxygens (including phenoxy) is 1. The molecule has 120 valence electrons. The van der Waals surface area contributed by atoms with Gasteiger partial charge in [-0.3, -0.25) is 10.1 Å². The van der Waals surface area contributed by atoms with Gasteiger partial charge in [0.1, 0.15) is 11.4 Å². The van der Waals surface area contributed by atoms with Gasteiger partial charge < -0.3 is 9.64 Å². The summed E-state index contributed by atoms with van der Waals surface area (Å²) in [5.41, 5.74) is 2.97. The maximum atomic E-state index is 11.3. The van der Waals surface area contributed by atoms with Gasteiger partial charge in [0.05, 0.1) is 12.0 Å². The molecule has 1 saturated heterocycles. The summed E-state index contributed by atoms with van der Waals surface area (Å²) in [6, 6.07) is 13.4. The lowest BCUT2D eigenvalue weighted by molar-refractivity contribution is -0.384. The number of para-hydroxylation sites is 1. The number of hydrogen-bond acceptors (Lipinski definition) is 4. The van der Waals surface area contributed by atoms with Crippen LogP contribution in [0.5, 0.6) is 5.75 Å². The fourth-order valence-corrected chi connectivity index (χ4v) is 3.28. The Labute approximate surface area is 135 Å². The summed E-state index contributed by atoms with van der Waals surface area (Å²) in [5, 5.41) is 11.3. The Morgan fingerprint density at radius 3 is 2.78 bits per heavy atom. The predicted octanol–water partition coefficient (Wildman–Crippen LogP) is 3.91. The van der Waals surface area contributed by atoms with Crippen LogP contribution < -0.4 is 9.64 Å². The second-order valence-electron chi connectivity index (χ2n) is 5.92. The van der Waals surface area contributed by atoms with Crippen molar-refractivity contribution in [3.63, 3.8) is 0 Å². The van der Waals surface area contributed by atoms with E-state index in [-0.39, 0.29) is 10.6 Å². The van der Waals surface area contributed by atoms with E-state index in [0.29, 0.717) is 11.6 Å². The lowest BCUT2D eigenvalue weighted by Crippen LogP contribution is -2.20. The molecule has 23 heavy (non-hydrogen) atoms. The standard InChI is InChI=1S/C18H20N2O3/c1-13-7-8-16(17(11-13)20(21)22)19-10-9-14(12-19)15-5-3-4-6-18(15)23-2/h3-8,11,14H,9-10,12H2,1-2H3. The minimum atomic E-state index is -0.293. The summed E-state index contributed by atoms with van der Waals surface area (Å²) in [6.45, 7) is 3.45. The van der Waals surface area contributed by atoms with Gasteiger partial charge in [0.2, 0.25) is 0 Å². The Hall–Kier alpha value is -2.56. The zero-order valence-electron chi connectivity index (χ0n) is 13.4. The predicted molar refractivity (Wildman–Crippen MR) is 90.4 cm³/mol. The molecule has 0 saturated carbocycles. The largest absolute Gasteiger partial charge is 0.496 e. The summed E-state index contributed by atoms with van der Waals surface area (Å²) in [5.74, 6) is 1.21. The molecule has 1 atom stereocenters.